The molecule has 1 unspecified atom stereocenters. The molecule has 0 amide bonds. The zero-order valence-electron chi connectivity index (χ0n) is 29.5. The standard InChI is InChI=1S/C43H48N2O2Si/c1-31(2)43(46,38-25-24-33-28-39(32(3)26-34(33)27-38)47-48(7,8)41(4,5)6)40-29-45(30-44-40)42(35-18-12-9-13-19-35,36-20-14-10-15-21-36)37-22-16-11-17-23-37/h9-31,46H,1-8H3. The van der Waals surface area contributed by atoms with Crippen LogP contribution in [0.4, 0.5) is 0 Å². The highest BCUT2D eigenvalue weighted by atomic mass is 28.4. The predicted octanol–water partition coefficient (Wildman–Crippen LogP) is 10.5. The van der Waals surface area contributed by atoms with Crippen LogP contribution in [0.2, 0.25) is 18.1 Å². The second-order valence-corrected chi connectivity index (χ2v) is 19.7. The Hall–Kier alpha value is -4.45. The summed E-state index contributed by atoms with van der Waals surface area (Å²) in [4.78, 5) is 5.00. The van der Waals surface area contributed by atoms with Gasteiger partial charge in [0.25, 0.3) is 0 Å². The van der Waals surface area contributed by atoms with Crippen LogP contribution in [0.1, 0.15) is 68.1 Å². The second-order valence-electron chi connectivity index (χ2n) is 14.9. The molecule has 5 aromatic carbocycles. The minimum atomic E-state index is -2.00. The van der Waals surface area contributed by atoms with Crippen LogP contribution in [0, 0.1) is 12.8 Å². The average molecular weight is 653 g/mol. The first-order chi connectivity index (χ1) is 22.8. The SMILES string of the molecule is Cc1cc2cc(C(O)(c3cn(C(c4ccccc4)(c4ccccc4)c4ccccc4)cn3)C(C)C)ccc2cc1O[Si](C)(C)C(C)(C)C. The van der Waals surface area contributed by atoms with Crippen LogP contribution in [0.3, 0.4) is 0 Å². The molecule has 0 spiro atoms. The fourth-order valence-corrected chi connectivity index (χ4v) is 7.71. The third kappa shape index (κ3) is 5.69. The third-order valence-corrected chi connectivity index (χ3v) is 14.9. The van der Waals surface area contributed by atoms with Gasteiger partial charge in [-0.15, -0.1) is 0 Å². The van der Waals surface area contributed by atoms with Crippen LogP contribution in [0.15, 0.2) is 134 Å². The molecule has 0 saturated heterocycles. The predicted molar refractivity (Wildman–Crippen MR) is 201 cm³/mol. The van der Waals surface area contributed by atoms with Gasteiger partial charge < -0.3 is 14.1 Å². The minimum Gasteiger partial charge on any atom is -0.543 e. The number of aliphatic hydroxyl groups is 1. The van der Waals surface area contributed by atoms with Crippen LogP contribution < -0.4 is 4.43 Å². The molecule has 246 valence electrons. The van der Waals surface area contributed by atoms with Gasteiger partial charge in [-0.1, -0.05) is 138 Å². The van der Waals surface area contributed by atoms with Crippen molar-refractivity contribution < 1.29 is 9.53 Å². The topological polar surface area (TPSA) is 47.3 Å². The van der Waals surface area contributed by atoms with Crippen molar-refractivity contribution in [2.75, 3.05) is 0 Å². The first-order valence-electron chi connectivity index (χ1n) is 17.0. The molecule has 4 nitrogen and oxygen atoms in total. The van der Waals surface area contributed by atoms with Gasteiger partial charge in [0.05, 0.1) is 12.0 Å². The summed E-state index contributed by atoms with van der Waals surface area (Å²) in [5.41, 5.74) is 3.80. The Morgan fingerprint density at radius 3 is 1.69 bits per heavy atom. The van der Waals surface area contributed by atoms with Crippen molar-refractivity contribution in [1.29, 1.82) is 0 Å². The number of aromatic nitrogens is 2. The maximum atomic E-state index is 12.8. The number of hydrogen-bond donors (Lipinski definition) is 1. The van der Waals surface area contributed by atoms with E-state index in [-0.39, 0.29) is 11.0 Å². The Balaban J connectivity index is 1.50. The molecule has 1 atom stereocenters. The number of benzene rings is 5. The Morgan fingerprint density at radius 2 is 1.21 bits per heavy atom. The summed E-state index contributed by atoms with van der Waals surface area (Å²) in [6, 6.07) is 42.3. The molecule has 6 aromatic rings. The Labute approximate surface area is 287 Å². The van der Waals surface area contributed by atoms with Gasteiger partial charge in [0.1, 0.15) is 16.9 Å². The average Bonchev–Trinajstić information content (AvgIpc) is 3.57. The lowest BCUT2D eigenvalue weighted by molar-refractivity contribution is 0.0279. The minimum absolute atomic E-state index is 0.106. The molecule has 0 aliphatic heterocycles. The molecule has 48 heavy (non-hydrogen) atoms. The van der Waals surface area contributed by atoms with Crippen molar-refractivity contribution >= 4 is 19.1 Å². The summed E-state index contributed by atoms with van der Waals surface area (Å²) >= 11 is 0. The largest absolute Gasteiger partial charge is 0.543 e. The Kier molecular flexibility index (Phi) is 8.73. The Morgan fingerprint density at radius 1 is 0.688 bits per heavy atom. The second kappa shape index (κ2) is 12.5. The van der Waals surface area contributed by atoms with E-state index in [4.69, 9.17) is 9.41 Å². The normalized spacial score (nSPS) is 13.9. The quantitative estimate of drug-likeness (QED) is 0.125. The molecule has 1 N–H and O–H groups in total. The molecule has 0 aliphatic rings. The van der Waals surface area contributed by atoms with E-state index in [1.165, 1.54) is 0 Å². The molecule has 0 radical (unpaired) electrons. The van der Waals surface area contributed by atoms with Crippen LogP contribution in [-0.4, -0.2) is 23.0 Å². The van der Waals surface area contributed by atoms with Crippen molar-refractivity contribution in [3.63, 3.8) is 0 Å². The van der Waals surface area contributed by atoms with Gasteiger partial charge in [-0.05, 0) is 87.8 Å². The summed E-state index contributed by atoms with van der Waals surface area (Å²) in [6.07, 6.45) is 3.92. The maximum absolute atomic E-state index is 12.8. The lowest BCUT2D eigenvalue weighted by Crippen LogP contribution is -2.44. The van der Waals surface area contributed by atoms with Gasteiger partial charge in [0.2, 0.25) is 8.32 Å². The van der Waals surface area contributed by atoms with Crippen LogP contribution in [-0.2, 0) is 11.1 Å². The lowest BCUT2D eigenvalue weighted by atomic mass is 9.76. The summed E-state index contributed by atoms with van der Waals surface area (Å²) in [7, 11) is -2.00. The molecular weight excluding hydrogens is 605 g/mol. The first kappa shape index (κ1) is 33.4. The summed E-state index contributed by atoms with van der Waals surface area (Å²) < 4.78 is 8.90. The molecule has 1 heterocycles. The van der Waals surface area contributed by atoms with Crippen LogP contribution in [0.25, 0.3) is 10.8 Å². The van der Waals surface area contributed by atoms with Crippen molar-refractivity contribution in [1.82, 2.24) is 9.55 Å². The van der Waals surface area contributed by atoms with E-state index in [9.17, 15) is 5.11 Å². The van der Waals surface area contributed by atoms with Gasteiger partial charge in [0.15, 0.2) is 0 Å². The highest BCUT2D eigenvalue weighted by molar-refractivity contribution is 6.74. The molecule has 0 saturated carbocycles. The number of rotatable bonds is 9. The number of nitrogens with zero attached hydrogens (tertiary/aromatic N) is 2. The fraction of sp³-hybridized carbons (Fsp3) is 0.279. The lowest BCUT2D eigenvalue weighted by Gasteiger charge is -2.37. The van der Waals surface area contributed by atoms with Crippen molar-refractivity contribution in [2.24, 2.45) is 5.92 Å². The summed E-state index contributed by atoms with van der Waals surface area (Å²) in [5, 5.41) is 15.0. The monoisotopic (exact) mass is 652 g/mol. The van der Waals surface area contributed by atoms with Gasteiger partial charge in [0, 0.05) is 6.20 Å². The maximum Gasteiger partial charge on any atom is 0.250 e. The van der Waals surface area contributed by atoms with E-state index in [1.807, 2.05) is 36.8 Å². The molecular formula is C43H48N2O2Si. The summed E-state index contributed by atoms with van der Waals surface area (Å²) in [5.74, 6) is 0.791. The molecule has 0 aliphatic carbocycles. The highest BCUT2D eigenvalue weighted by Gasteiger charge is 2.43. The van der Waals surface area contributed by atoms with Gasteiger partial charge in [-0.2, -0.15) is 0 Å². The number of imidazole rings is 1. The molecule has 1 aromatic heterocycles. The zero-order valence-corrected chi connectivity index (χ0v) is 30.5. The van der Waals surface area contributed by atoms with E-state index < -0.39 is 19.5 Å². The van der Waals surface area contributed by atoms with E-state index in [2.05, 4.69) is 156 Å². The summed E-state index contributed by atoms with van der Waals surface area (Å²) in [6.45, 7) is 17.6. The molecule has 6 rings (SSSR count). The molecule has 5 heteroatoms. The van der Waals surface area contributed by atoms with Crippen LogP contribution in [0.5, 0.6) is 5.75 Å². The van der Waals surface area contributed by atoms with Crippen molar-refractivity contribution in [2.45, 2.75) is 70.8 Å². The van der Waals surface area contributed by atoms with Gasteiger partial charge in [-0.3, -0.25) is 0 Å². The first-order valence-corrected chi connectivity index (χ1v) is 19.9. The van der Waals surface area contributed by atoms with Gasteiger partial charge >= 0.3 is 0 Å². The van der Waals surface area contributed by atoms with E-state index >= 15 is 0 Å². The van der Waals surface area contributed by atoms with Crippen molar-refractivity contribution in [3.8, 4) is 5.75 Å². The zero-order chi connectivity index (χ0) is 34.3. The Bertz CT molecular complexity index is 1910. The van der Waals surface area contributed by atoms with Gasteiger partial charge in [-0.25, -0.2) is 4.98 Å². The highest BCUT2D eigenvalue weighted by Crippen LogP contribution is 2.44. The van der Waals surface area contributed by atoms with E-state index in [1.54, 1.807) is 0 Å². The molecule has 0 fully saturated rings. The van der Waals surface area contributed by atoms with E-state index in [0.29, 0.717) is 5.69 Å². The smallest absolute Gasteiger partial charge is 0.250 e. The van der Waals surface area contributed by atoms with Crippen molar-refractivity contribution in [3.05, 3.63) is 167 Å². The fourth-order valence-electron chi connectivity index (χ4n) is 6.63. The van der Waals surface area contributed by atoms with E-state index in [0.717, 1.165) is 44.3 Å². The number of hydrogen-bond acceptors (Lipinski definition) is 3. The third-order valence-electron chi connectivity index (χ3n) is 10.5. The number of fused-ring (bicyclic) bond motifs is 1. The molecule has 0 bridgehead atoms. The number of aryl methyl sites for hydroxylation is 1. The van der Waals surface area contributed by atoms with Crippen LogP contribution >= 0.6 is 0 Å².